The molecule has 78 valence electrons. The van der Waals surface area contributed by atoms with Gasteiger partial charge in [0.25, 0.3) is 0 Å². The molecule has 0 aromatic carbocycles. The van der Waals surface area contributed by atoms with Crippen LogP contribution in [0.15, 0.2) is 23.5 Å². The summed E-state index contributed by atoms with van der Waals surface area (Å²) in [5.41, 5.74) is 0. The molecule has 2 rings (SSSR count). The van der Waals surface area contributed by atoms with Gasteiger partial charge in [-0.2, -0.15) is 0 Å². The molecule has 4 heteroatoms. The number of hydrogen-bond acceptors (Lipinski definition) is 4. The first-order valence-electron chi connectivity index (χ1n) is 4.79. The van der Waals surface area contributed by atoms with Crippen molar-refractivity contribution in [2.45, 2.75) is 18.5 Å². The summed E-state index contributed by atoms with van der Waals surface area (Å²) in [5, 5.41) is 0.500. The van der Waals surface area contributed by atoms with Crippen molar-refractivity contribution in [2.24, 2.45) is 0 Å². The fourth-order valence-electron chi connectivity index (χ4n) is 2.01. The van der Waals surface area contributed by atoms with E-state index in [1.807, 2.05) is 11.8 Å². The van der Waals surface area contributed by atoms with Crippen LogP contribution >= 0.6 is 11.8 Å². The zero-order valence-electron chi connectivity index (χ0n) is 9.14. The molecule has 0 spiro atoms. The molecule has 1 atom stereocenters. The van der Waals surface area contributed by atoms with E-state index in [0.717, 1.165) is 0 Å². The van der Waals surface area contributed by atoms with Gasteiger partial charge in [0, 0.05) is 39.7 Å². The van der Waals surface area contributed by atoms with Crippen LogP contribution in [0.25, 0.3) is 0 Å². The Hall–Kier alpha value is -0.770. The molecule has 0 N–H and O–H groups in total. The quantitative estimate of drug-likeness (QED) is 0.650. The largest absolute Gasteiger partial charge is 0.364 e. The molecule has 0 saturated carbocycles. The molecule has 3 nitrogen and oxygen atoms in total. The van der Waals surface area contributed by atoms with Gasteiger partial charge in [-0.1, -0.05) is 0 Å². The van der Waals surface area contributed by atoms with E-state index in [1.165, 1.54) is 4.91 Å². The molecule has 0 aromatic rings. The molecule has 2 aliphatic heterocycles. The van der Waals surface area contributed by atoms with E-state index in [2.05, 4.69) is 61.4 Å². The lowest BCUT2D eigenvalue weighted by atomic mass is 10.4. The smallest absolute Gasteiger partial charge is 0.131 e. The maximum Gasteiger partial charge on any atom is 0.131 e. The minimum Gasteiger partial charge on any atom is -0.364 e. The van der Waals surface area contributed by atoms with E-state index >= 15 is 0 Å². The molecule has 1 unspecified atom stereocenters. The summed E-state index contributed by atoms with van der Waals surface area (Å²) < 4.78 is 0. The van der Waals surface area contributed by atoms with Crippen LogP contribution < -0.4 is 0 Å². The Morgan fingerprint density at radius 1 is 1.07 bits per heavy atom. The maximum absolute atomic E-state index is 2.30. The van der Waals surface area contributed by atoms with E-state index < -0.39 is 0 Å². The van der Waals surface area contributed by atoms with Crippen molar-refractivity contribution in [1.29, 1.82) is 0 Å². The van der Waals surface area contributed by atoms with Gasteiger partial charge in [0.2, 0.25) is 0 Å². The Kier molecular flexibility index (Phi) is 2.39. The first-order chi connectivity index (χ1) is 6.59. The van der Waals surface area contributed by atoms with Crippen LogP contribution in [-0.2, 0) is 0 Å². The molecule has 0 fully saturated rings. The number of thioether (sulfide) groups is 1. The zero-order valence-corrected chi connectivity index (χ0v) is 9.95. The summed E-state index contributed by atoms with van der Waals surface area (Å²) in [5.74, 6) is 0. The van der Waals surface area contributed by atoms with Crippen molar-refractivity contribution in [3.8, 4) is 0 Å². The van der Waals surface area contributed by atoms with Gasteiger partial charge in [-0.3, -0.25) is 0 Å². The highest BCUT2D eigenvalue weighted by Crippen LogP contribution is 2.36. The van der Waals surface area contributed by atoms with Gasteiger partial charge in [0.05, 0.1) is 0 Å². The molecular formula is C10H17N3S. The van der Waals surface area contributed by atoms with Crippen LogP contribution in [0.5, 0.6) is 0 Å². The van der Waals surface area contributed by atoms with Gasteiger partial charge in [-0.05, 0) is 11.8 Å². The summed E-state index contributed by atoms with van der Waals surface area (Å²) in [6.07, 6.45) is 6.92. The molecule has 0 saturated heterocycles. The lowest BCUT2D eigenvalue weighted by molar-refractivity contribution is 0.152. The second kappa shape index (κ2) is 3.42. The fourth-order valence-corrected chi connectivity index (χ4v) is 3.35. The minimum atomic E-state index is 0.443. The standard InChI is InChI=1S/C10H17N3S/c1-8-7-13(4)10(14-8)9-11(2)5-6-12(9)3/h5-7,9-10H,1-4H3. The van der Waals surface area contributed by atoms with Gasteiger partial charge in [-0.15, -0.1) is 11.8 Å². The molecule has 2 aliphatic rings. The highest BCUT2D eigenvalue weighted by atomic mass is 32.2. The van der Waals surface area contributed by atoms with Crippen LogP contribution in [-0.4, -0.2) is 47.4 Å². The third-order valence-corrected chi connectivity index (χ3v) is 4.01. The molecule has 0 aliphatic carbocycles. The Balaban J connectivity index is 2.10. The van der Waals surface area contributed by atoms with E-state index in [4.69, 9.17) is 0 Å². The predicted octanol–water partition coefficient (Wildman–Crippen LogP) is 1.53. The van der Waals surface area contributed by atoms with Crippen molar-refractivity contribution >= 4 is 11.8 Å². The molecule has 2 heterocycles. The molecule has 14 heavy (non-hydrogen) atoms. The van der Waals surface area contributed by atoms with Gasteiger partial charge in [-0.25, -0.2) is 0 Å². The van der Waals surface area contributed by atoms with Crippen LogP contribution in [0, 0.1) is 0 Å². The van der Waals surface area contributed by atoms with Gasteiger partial charge < -0.3 is 14.7 Å². The Morgan fingerprint density at radius 2 is 1.64 bits per heavy atom. The summed E-state index contributed by atoms with van der Waals surface area (Å²) in [6, 6.07) is 0. The third-order valence-electron chi connectivity index (χ3n) is 2.72. The van der Waals surface area contributed by atoms with Gasteiger partial charge in [0.15, 0.2) is 0 Å². The highest BCUT2D eigenvalue weighted by molar-refractivity contribution is 8.03. The SMILES string of the molecule is CC1=CN(C)C(C2N(C)C=CN2C)S1. The minimum absolute atomic E-state index is 0.443. The third kappa shape index (κ3) is 1.47. The Labute approximate surface area is 90.0 Å². The van der Waals surface area contributed by atoms with Crippen molar-refractivity contribution in [3.05, 3.63) is 23.5 Å². The monoisotopic (exact) mass is 211 g/mol. The van der Waals surface area contributed by atoms with Crippen LogP contribution in [0.3, 0.4) is 0 Å². The number of hydrogen-bond donors (Lipinski definition) is 0. The first kappa shape index (κ1) is 9.77. The highest BCUT2D eigenvalue weighted by Gasteiger charge is 2.35. The summed E-state index contributed by atoms with van der Waals surface area (Å²) >= 11 is 1.94. The van der Waals surface area contributed by atoms with Crippen molar-refractivity contribution < 1.29 is 0 Å². The molecule has 0 amide bonds. The topological polar surface area (TPSA) is 9.72 Å². The normalized spacial score (nSPS) is 27.9. The molecule has 0 bridgehead atoms. The molecular weight excluding hydrogens is 194 g/mol. The van der Waals surface area contributed by atoms with E-state index in [1.54, 1.807) is 0 Å². The van der Waals surface area contributed by atoms with Crippen LogP contribution in [0.2, 0.25) is 0 Å². The average Bonchev–Trinajstić information content (AvgIpc) is 2.57. The second-order valence-corrected chi connectivity index (χ2v) is 5.32. The zero-order chi connectivity index (χ0) is 10.3. The number of allylic oxidation sites excluding steroid dienone is 1. The van der Waals surface area contributed by atoms with Gasteiger partial charge >= 0.3 is 0 Å². The van der Waals surface area contributed by atoms with Crippen LogP contribution in [0.1, 0.15) is 6.92 Å². The number of likely N-dealkylation sites (N-methyl/N-ethyl adjacent to an activating group) is 3. The number of rotatable bonds is 1. The fraction of sp³-hybridized carbons (Fsp3) is 0.600. The van der Waals surface area contributed by atoms with Crippen molar-refractivity contribution in [3.63, 3.8) is 0 Å². The van der Waals surface area contributed by atoms with Gasteiger partial charge in [0.1, 0.15) is 11.5 Å². The first-order valence-corrected chi connectivity index (χ1v) is 5.67. The predicted molar refractivity (Wildman–Crippen MR) is 61.4 cm³/mol. The second-order valence-electron chi connectivity index (χ2n) is 3.96. The number of nitrogens with zero attached hydrogens (tertiary/aromatic N) is 3. The Bertz CT molecular complexity index is 275. The van der Waals surface area contributed by atoms with E-state index in [9.17, 15) is 0 Å². The van der Waals surface area contributed by atoms with E-state index in [0.29, 0.717) is 11.5 Å². The van der Waals surface area contributed by atoms with Crippen LogP contribution in [0.4, 0.5) is 0 Å². The Morgan fingerprint density at radius 3 is 2.07 bits per heavy atom. The lowest BCUT2D eigenvalue weighted by Crippen LogP contribution is -2.47. The maximum atomic E-state index is 2.30. The summed E-state index contributed by atoms with van der Waals surface area (Å²) in [6.45, 7) is 2.17. The lowest BCUT2D eigenvalue weighted by Gasteiger charge is -2.35. The van der Waals surface area contributed by atoms with E-state index in [-0.39, 0.29) is 0 Å². The summed E-state index contributed by atoms with van der Waals surface area (Å²) in [4.78, 5) is 8.22. The molecule has 0 radical (unpaired) electrons. The summed E-state index contributed by atoms with van der Waals surface area (Å²) in [7, 11) is 6.41. The van der Waals surface area contributed by atoms with Crippen molar-refractivity contribution in [2.75, 3.05) is 21.1 Å². The van der Waals surface area contributed by atoms with Crippen molar-refractivity contribution in [1.82, 2.24) is 14.7 Å². The molecule has 0 aromatic heterocycles. The average molecular weight is 211 g/mol.